The number of aromatic nitrogens is 3. The third kappa shape index (κ3) is 2.80. The number of ether oxygens (including phenoxy) is 1. The highest BCUT2D eigenvalue weighted by Crippen LogP contribution is 2.35. The van der Waals surface area contributed by atoms with Crippen molar-refractivity contribution in [1.29, 1.82) is 0 Å². The average molecular weight is 364 g/mol. The predicted octanol–water partition coefficient (Wildman–Crippen LogP) is 2.97. The molecule has 5 rings (SSSR count). The number of rotatable bonds is 3. The van der Waals surface area contributed by atoms with Gasteiger partial charge in [-0.05, 0) is 49.4 Å². The Kier molecular flexibility index (Phi) is 4.10. The number of aliphatic hydroxyl groups excluding tert-OH is 1. The van der Waals surface area contributed by atoms with E-state index in [1.54, 1.807) is 0 Å². The second kappa shape index (κ2) is 6.62. The van der Waals surface area contributed by atoms with E-state index < -0.39 is 0 Å². The van der Waals surface area contributed by atoms with Crippen molar-refractivity contribution in [1.82, 2.24) is 15.0 Å². The minimum atomic E-state index is 0.145. The van der Waals surface area contributed by atoms with E-state index in [2.05, 4.69) is 33.9 Å². The molecule has 6 heteroatoms. The van der Waals surface area contributed by atoms with Gasteiger partial charge in [0.1, 0.15) is 11.5 Å². The molecule has 27 heavy (non-hydrogen) atoms. The van der Waals surface area contributed by atoms with Gasteiger partial charge in [-0.15, -0.1) is 0 Å². The minimum Gasteiger partial charge on any atom is -0.394 e. The van der Waals surface area contributed by atoms with Gasteiger partial charge in [0, 0.05) is 35.5 Å². The molecule has 140 valence electrons. The summed E-state index contributed by atoms with van der Waals surface area (Å²) < 4.78 is 5.73. The van der Waals surface area contributed by atoms with Crippen LogP contribution in [-0.4, -0.2) is 45.9 Å². The van der Waals surface area contributed by atoms with Crippen molar-refractivity contribution >= 4 is 16.9 Å². The van der Waals surface area contributed by atoms with Gasteiger partial charge < -0.3 is 19.7 Å². The first kappa shape index (κ1) is 16.7. The fourth-order valence-corrected chi connectivity index (χ4v) is 4.31. The Morgan fingerprint density at radius 2 is 2.30 bits per heavy atom. The zero-order chi connectivity index (χ0) is 18.4. The normalized spacial score (nSPS) is 19.6. The Morgan fingerprint density at radius 1 is 1.37 bits per heavy atom. The molecule has 2 aliphatic heterocycles. The maximum atomic E-state index is 9.80. The Bertz CT molecular complexity index is 997. The van der Waals surface area contributed by atoms with Crippen LogP contribution >= 0.6 is 0 Å². The summed E-state index contributed by atoms with van der Waals surface area (Å²) in [5.74, 6) is 0.977. The molecular formula is C21H24N4O2. The molecule has 2 N–H and O–H groups in total. The standard InChI is InChI=1S/C21H24N4O2/c1-13-9-22-20-17(13)7-15(10-23-20)19-8-14-4-6-27-12-18(14)21(24-19)25-5-2-3-16(25)11-26/h7-10,16,26H,2-6,11-12H2,1H3,(H,22,23). The van der Waals surface area contributed by atoms with E-state index in [-0.39, 0.29) is 12.6 Å². The Morgan fingerprint density at radius 3 is 3.19 bits per heavy atom. The van der Waals surface area contributed by atoms with Crippen molar-refractivity contribution in [3.8, 4) is 11.3 Å². The topological polar surface area (TPSA) is 74.3 Å². The largest absolute Gasteiger partial charge is 0.394 e. The molecule has 3 aromatic heterocycles. The van der Waals surface area contributed by atoms with Gasteiger partial charge in [-0.3, -0.25) is 0 Å². The monoisotopic (exact) mass is 364 g/mol. The summed E-state index contributed by atoms with van der Waals surface area (Å²) in [4.78, 5) is 15.1. The number of H-pyrrole nitrogens is 1. The molecule has 0 aliphatic carbocycles. The number of fused-ring (bicyclic) bond motifs is 2. The SMILES string of the molecule is Cc1c[nH]c2ncc(-c3cc4c(c(N5CCCC5CO)n3)COCC4)cc12. The summed E-state index contributed by atoms with van der Waals surface area (Å²) in [7, 11) is 0. The molecule has 0 saturated carbocycles. The summed E-state index contributed by atoms with van der Waals surface area (Å²) in [5.41, 5.74) is 6.55. The first-order chi connectivity index (χ1) is 13.2. The molecular weight excluding hydrogens is 340 g/mol. The molecule has 0 spiro atoms. The lowest BCUT2D eigenvalue weighted by Gasteiger charge is -2.30. The number of pyridine rings is 2. The van der Waals surface area contributed by atoms with Gasteiger partial charge >= 0.3 is 0 Å². The van der Waals surface area contributed by atoms with E-state index in [4.69, 9.17) is 9.72 Å². The molecule has 2 aliphatic rings. The zero-order valence-corrected chi connectivity index (χ0v) is 15.5. The van der Waals surface area contributed by atoms with Crippen LogP contribution in [0.1, 0.15) is 29.5 Å². The van der Waals surface area contributed by atoms with Gasteiger partial charge in [0.2, 0.25) is 0 Å². The number of nitrogens with one attached hydrogen (secondary N) is 1. The number of anilines is 1. The molecule has 1 fully saturated rings. The average Bonchev–Trinajstić information content (AvgIpc) is 3.33. The molecule has 0 amide bonds. The van der Waals surface area contributed by atoms with Crippen molar-refractivity contribution < 1.29 is 9.84 Å². The first-order valence-electron chi connectivity index (χ1n) is 9.66. The van der Waals surface area contributed by atoms with E-state index in [1.165, 1.54) is 16.7 Å². The molecule has 1 saturated heterocycles. The van der Waals surface area contributed by atoms with E-state index in [0.717, 1.165) is 60.5 Å². The predicted molar refractivity (Wildman–Crippen MR) is 105 cm³/mol. The molecule has 3 aromatic rings. The number of hydrogen-bond donors (Lipinski definition) is 2. The highest BCUT2D eigenvalue weighted by molar-refractivity contribution is 5.84. The lowest BCUT2D eigenvalue weighted by molar-refractivity contribution is 0.110. The highest BCUT2D eigenvalue weighted by atomic mass is 16.5. The number of nitrogens with zero attached hydrogens (tertiary/aromatic N) is 3. The van der Waals surface area contributed by atoms with Crippen LogP contribution < -0.4 is 4.90 Å². The second-order valence-corrected chi connectivity index (χ2v) is 7.54. The Hall–Kier alpha value is -2.44. The fourth-order valence-electron chi connectivity index (χ4n) is 4.31. The summed E-state index contributed by atoms with van der Waals surface area (Å²) in [6.45, 7) is 4.53. The Labute approximate surface area is 158 Å². The summed E-state index contributed by atoms with van der Waals surface area (Å²) in [6, 6.07) is 4.50. The van der Waals surface area contributed by atoms with Crippen molar-refractivity contribution in [3.63, 3.8) is 0 Å². The van der Waals surface area contributed by atoms with Crippen LogP contribution in [0.25, 0.3) is 22.3 Å². The third-order valence-corrected chi connectivity index (χ3v) is 5.85. The molecule has 6 nitrogen and oxygen atoms in total. The van der Waals surface area contributed by atoms with Crippen LogP contribution in [0.4, 0.5) is 5.82 Å². The van der Waals surface area contributed by atoms with Gasteiger partial charge in [0.25, 0.3) is 0 Å². The van der Waals surface area contributed by atoms with Gasteiger partial charge in [0.05, 0.1) is 31.6 Å². The van der Waals surface area contributed by atoms with Crippen molar-refractivity contribution in [2.45, 2.75) is 38.8 Å². The smallest absolute Gasteiger partial charge is 0.137 e. The lowest BCUT2D eigenvalue weighted by atomic mass is 10.0. The molecule has 0 radical (unpaired) electrons. The van der Waals surface area contributed by atoms with E-state index in [1.807, 2.05) is 12.4 Å². The highest BCUT2D eigenvalue weighted by Gasteiger charge is 2.29. The molecule has 1 atom stereocenters. The fraction of sp³-hybridized carbons (Fsp3) is 0.429. The second-order valence-electron chi connectivity index (χ2n) is 7.54. The van der Waals surface area contributed by atoms with Gasteiger partial charge in [0.15, 0.2) is 0 Å². The van der Waals surface area contributed by atoms with Gasteiger partial charge in [-0.1, -0.05) is 0 Å². The van der Waals surface area contributed by atoms with E-state index in [9.17, 15) is 5.11 Å². The van der Waals surface area contributed by atoms with E-state index in [0.29, 0.717) is 6.61 Å². The number of hydrogen-bond acceptors (Lipinski definition) is 5. The van der Waals surface area contributed by atoms with E-state index >= 15 is 0 Å². The Balaban J connectivity index is 1.66. The van der Waals surface area contributed by atoms with Crippen LogP contribution in [-0.2, 0) is 17.8 Å². The van der Waals surface area contributed by atoms with Crippen LogP contribution in [0.3, 0.4) is 0 Å². The minimum absolute atomic E-state index is 0.145. The van der Waals surface area contributed by atoms with Crippen LogP contribution in [0, 0.1) is 6.92 Å². The molecule has 0 bridgehead atoms. The van der Waals surface area contributed by atoms with Crippen molar-refractivity contribution in [2.75, 3.05) is 24.7 Å². The zero-order valence-electron chi connectivity index (χ0n) is 15.5. The van der Waals surface area contributed by atoms with Crippen molar-refractivity contribution in [2.24, 2.45) is 0 Å². The van der Waals surface area contributed by atoms with Gasteiger partial charge in [-0.25, -0.2) is 9.97 Å². The molecule has 0 aromatic carbocycles. The molecule has 5 heterocycles. The maximum absolute atomic E-state index is 9.80. The van der Waals surface area contributed by atoms with Crippen LogP contribution in [0.5, 0.6) is 0 Å². The summed E-state index contributed by atoms with van der Waals surface area (Å²) in [5, 5.41) is 10.9. The van der Waals surface area contributed by atoms with Crippen LogP contribution in [0.15, 0.2) is 24.5 Å². The molecule has 1 unspecified atom stereocenters. The number of aliphatic hydroxyl groups is 1. The summed E-state index contributed by atoms with van der Waals surface area (Å²) in [6.07, 6.45) is 6.87. The van der Waals surface area contributed by atoms with Gasteiger partial charge in [-0.2, -0.15) is 0 Å². The first-order valence-corrected chi connectivity index (χ1v) is 9.66. The number of aromatic amines is 1. The summed E-state index contributed by atoms with van der Waals surface area (Å²) >= 11 is 0. The lowest BCUT2D eigenvalue weighted by Crippen LogP contribution is -2.34. The maximum Gasteiger partial charge on any atom is 0.137 e. The quantitative estimate of drug-likeness (QED) is 0.747. The van der Waals surface area contributed by atoms with Crippen molar-refractivity contribution in [3.05, 3.63) is 41.2 Å². The number of aryl methyl sites for hydroxylation is 1. The van der Waals surface area contributed by atoms with Crippen LogP contribution in [0.2, 0.25) is 0 Å². The third-order valence-electron chi connectivity index (χ3n) is 5.85.